The topological polar surface area (TPSA) is 64.9 Å². The average Bonchev–Trinajstić information content (AvgIpc) is 3.16. The minimum atomic E-state index is -0.158. The average molecular weight is 400 g/mol. The molecule has 1 N–H and O–H groups in total. The Labute approximate surface area is 170 Å². The third kappa shape index (κ3) is 3.65. The normalized spacial score (nSPS) is 15.8. The summed E-state index contributed by atoms with van der Waals surface area (Å²) in [7, 11) is 0. The van der Waals surface area contributed by atoms with Crippen LogP contribution in [0.4, 0.5) is 5.82 Å². The zero-order valence-corrected chi connectivity index (χ0v) is 18.2. The Balaban J connectivity index is 1.82. The van der Waals surface area contributed by atoms with E-state index in [4.69, 9.17) is 14.7 Å². The van der Waals surface area contributed by atoms with Crippen LogP contribution in [0.25, 0.3) is 16.2 Å². The van der Waals surface area contributed by atoms with Crippen molar-refractivity contribution in [2.45, 2.75) is 72.5 Å². The summed E-state index contributed by atoms with van der Waals surface area (Å²) in [6.45, 7) is 12.1. The number of fused-ring (bicyclic) bond motifs is 3. The number of anilines is 1. The van der Waals surface area contributed by atoms with Crippen LogP contribution < -0.4 is 5.32 Å². The van der Waals surface area contributed by atoms with Crippen LogP contribution in [0.15, 0.2) is 6.07 Å². The largest absolute Gasteiger partial charge is 0.370 e. The van der Waals surface area contributed by atoms with Crippen LogP contribution in [0, 0.1) is 13.8 Å². The van der Waals surface area contributed by atoms with E-state index in [0.717, 1.165) is 46.8 Å². The van der Waals surface area contributed by atoms with E-state index in [9.17, 15) is 0 Å². The van der Waals surface area contributed by atoms with E-state index in [1.165, 1.54) is 23.3 Å². The lowest BCUT2D eigenvalue weighted by atomic mass is 9.94. The zero-order valence-electron chi connectivity index (χ0n) is 17.4. The Morgan fingerprint density at radius 3 is 2.79 bits per heavy atom. The second kappa shape index (κ2) is 7.44. The summed E-state index contributed by atoms with van der Waals surface area (Å²) < 4.78 is 7.87. The van der Waals surface area contributed by atoms with Crippen molar-refractivity contribution in [2.24, 2.45) is 0 Å². The first-order valence-corrected chi connectivity index (χ1v) is 10.9. The molecule has 0 aliphatic carbocycles. The van der Waals surface area contributed by atoms with Crippen molar-refractivity contribution in [3.05, 3.63) is 27.9 Å². The smallest absolute Gasteiger partial charge is 0.254 e. The third-order valence-electron chi connectivity index (χ3n) is 5.19. The first-order valence-electron chi connectivity index (χ1n) is 10.1. The van der Waals surface area contributed by atoms with Gasteiger partial charge in [-0.1, -0.05) is 19.8 Å². The van der Waals surface area contributed by atoms with Crippen LogP contribution in [0.5, 0.6) is 0 Å². The predicted octanol–water partition coefficient (Wildman–Crippen LogP) is 4.95. The summed E-state index contributed by atoms with van der Waals surface area (Å²) in [6.07, 6.45) is 4.44. The van der Waals surface area contributed by atoms with Crippen molar-refractivity contribution in [1.29, 1.82) is 0 Å². The molecule has 4 heterocycles. The van der Waals surface area contributed by atoms with E-state index in [0.29, 0.717) is 12.6 Å². The second-order valence-electron chi connectivity index (χ2n) is 8.25. The van der Waals surface area contributed by atoms with Gasteiger partial charge in [-0.05, 0) is 45.7 Å². The Hall–Kier alpha value is -1.99. The maximum absolute atomic E-state index is 6.04. The molecule has 150 valence electrons. The van der Waals surface area contributed by atoms with Crippen molar-refractivity contribution in [3.63, 3.8) is 0 Å². The molecule has 0 aromatic carbocycles. The van der Waals surface area contributed by atoms with E-state index in [1.807, 2.05) is 18.5 Å². The molecule has 0 spiro atoms. The fraction of sp³-hybridized carbons (Fsp3) is 0.571. The standard InChI is InChI=1S/C21H29N5OS/c1-6-7-8-9-22-18-17-15-11-21(4,5)27-12-16(15)28-19(17)24-20(23-18)26-14(3)10-13(2)25-26/h10H,6-9,11-12H2,1-5H3,(H,22,23,24). The number of unbranched alkanes of at least 4 members (excludes halogenated alkanes) is 2. The molecule has 3 aromatic rings. The molecule has 0 bridgehead atoms. The predicted molar refractivity (Wildman–Crippen MR) is 115 cm³/mol. The van der Waals surface area contributed by atoms with Gasteiger partial charge < -0.3 is 10.1 Å². The number of ether oxygens (including phenoxy) is 1. The van der Waals surface area contributed by atoms with E-state index in [-0.39, 0.29) is 5.60 Å². The van der Waals surface area contributed by atoms with Gasteiger partial charge in [0.1, 0.15) is 10.6 Å². The molecular weight excluding hydrogens is 370 g/mol. The Morgan fingerprint density at radius 1 is 1.25 bits per heavy atom. The monoisotopic (exact) mass is 399 g/mol. The summed E-state index contributed by atoms with van der Waals surface area (Å²) >= 11 is 1.72. The number of thiophene rings is 1. The Kier molecular flexibility index (Phi) is 5.14. The fourth-order valence-corrected chi connectivity index (χ4v) is 4.87. The SMILES string of the molecule is CCCCCNc1nc(-n2nc(C)cc2C)nc2sc3c(c12)CC(C)(C)OC3. The van der Waals surface area contributed by atoms with Crippen LogP contribution in [-0.2, 0) is 17.8 Å². The van der Waals surface area contributed by atoms with Gasteiger partial charge in [-0.15, -0.1) is 11.3 Å². The number of nitrogens with zero attached hydrogens (tertiary/aromatic N) is 4. The number of hydrogen-bond acceptors (Lipinski definition) is 6. The van der Waals surface area contributed by atoms with Gasteiger partial charge >= 0.3 is 0 Å². The fourth-order valence-electron chi connectivity index (χ4n) is 3.77. The van der Waals surface area contributed by atoms with Gasteiger partial charge in [0.05, 0.1) is 23.3 Å². The van der Waals surface area contributed by atoms with Gasteiger partial charge in [-0.2, -0.15) is 15.1 Å². The quantitative estimate of drug-likeness (QED) is 0.594. The van der Waals surface area contributed by atoms with Crippen LogP contribution in [-0.4, -0.2) is 31.9 Å². The highest BCUT2D eigenvalue weighted by molar-refractivity contribution is 7.19. The van der Waals surface area contributed by atoms with E-state index >= 15 is 0 Å². The first-order chi connectivity index (χ1) is 13.4. The van der Waals surface area contributed by atoms with Crippen molar-refractivity contribution in [2.75, 3.05) is 11.9 Å². The third-order valence-corrected chi connectivity index (χ3v) is 6.29. The van der Waals surface area contributed by atoms with Gasteiger partial charge in [0, 0.05) is 23.5 Å². The lowest BCUT2D eigenvalue weighted by molar-refractivity contribution is -0.0379. The van der Waals surface area contributed by atoms with Gasteiger partial charge in [-0.25, -0.2) is 4.68 Å². The maximum atomic E-state index is 6.04. The molecule has 0 fully saturated rings. The summed E-state index contributed by atoms with van der Waals surface area (Å²) in [6, 6.07) is 2.05. The Bertz CT molecular complexity index is 1000. The molecule has 1 aliphatic rings. The van der Waals surface area contributed by atoms with Gasteiger partial charge in [-0.3, -0.25) is 0 Å². The van der Waals surface area contributed by atoms with E-state index in [2.05, 4.69) is 37.3 Å². The van der Waals surface area contributed by atoms with E-state index < -0.39 is 0 Å². The molecule has 1 aliphatic heterocycles. The molecule has 0 saturated carbocycles. The van der Waals surface area contributed by atoms with Gasteiger partial charge in [0.2, 0.25) is 0 Å². The highest BCUT2D eigenvalue weighted by atomic mass is 32.1. The molecule has 0 amide bonds. The van der Waals surface area contributed by atoms with Crippen molar-refractivity contribution in [1.82, 2.24) is 19.7 Å². The highest BCUT2D eigenvalue weighted by Gasteiger charge is 2.31. The lowest BCUT2D eigenvalue weighted by Crippen LogP contribution is -2.31. The van der Waals surface area contributed by atoms with Crippen molar-refractivity contribution in [3.8, 4) is 5.95 Å². The Morgan fingerprint density at radius 2 is 2.07 bits per heavy atom. The minimum absolute atomic E-state index is 0.158. The molecule has 0 saturated heterocycles. The zero-order chi connectivity index (χ0) is 19.9. The molecule has 0 atom stereocenters. The van der Waals surface area contributed by atoms with Crippen LogP contribution in [0.1, 0.15) is 61.9 Å². The van der Waals surface area contributed by atoms with Gasteiger partial charge in [0.15, 0.2) is 0 Å². The number of nitrogens with one attached hydrogen (secondary N) is 1. The molecule has 3 aromatic heterocycles. The van der Waals surface area contributed by atoms with Crippen molar-refractivity contribution >= 4 is 27.4 Å². The van der Waals surface area contributed by atoms with Crippen LogP contribution in [0.2, 0.25) is 0 Å². The maximum Gasteiger partial charge on any atom is 0.254 e. The summed E-state index contributed by atoms with van der Waals surface area (Å²) in [5, 5.41) is 9.35. The molecule has 0 radical (unpaired) electrons. The number of aryl methyl sites for hydroxylation is 2. The summed E-state index contributed by atoms with van der Waals surface area (Å²) in [5.74, 6) is 1.56. The van der Waals surface area contributed by atoms with Crippen LogP contribution in [0.3, 0.4) is 0 Å². The summed E-state index contributed by atoms with van der Waals surface area (Å²) in [4.78, 5) is 12.1. The van der Waals surface area contributed by atoms with Crippen molar-refractivity contribution < 1.29 is 4.74 Å². The second-order valence-corrected chi connectivity index (χ2v) is 9.34. The molecule has 6 nitrogen and oxygen atoms in total. The lowest BCUT2D eigenvalue weighted by Gasteiger charge is -2.30. The van der Waals surface area contributed by atoms with Gasteiger partial charge in [0.25, 0.3) is 5.95 Å². The molecule has 28 heavy (non-hydrogen) atoms. The first kappa shape index (κ1) is 19.3. The summed E-state index contributed by atoms with van der Waals surface area (Å²) in [5.41, 5.74) is 3.20. The molecule has 4 rings (SSSR count). The molecule has 7 heteroatoms. The minimum Gasteiger partial charge on any atom is -0.370 e. The highest BCUT2D eigenvalue weighted by Crippen LogP contribution is 2.41. The number of aromatic nitrogens is 4. The number of hydrogen-bond donors (Lipinski definition) is 1. The van der Waals surface area contributed by atoms with E-state index in [1.54, 1.807) is 11.3 Å². The number of rotatable bonds is 6. The van der Waals surface area contributed by atoms with Crippen LogP contribution >= 0.6 is 11.3 Å². The molecule has 0 unspecified atom stereocenters. The molecular formula is C21H29N5OS.